The van der Waals surface area contributed by atoms with Gasteiger partial charge >= 0.3 is 0 Å². The summed E-state index contributed by atoms with van der Waals surface area (Å²) in [5.74, 6) is 1.87. The van der Waals surface area contributed by atoms with Gasteiger partial charge in [0.25, 0.3) is 0 Å². The van der Waals surface area contributed by atoms with Crippen molar-refractivity contribution in [1.82, 2.24) is 9.97 Å². The SMILES string of the molecule is CCCNc1cc(NCC2(CCOC)CC2)nc(N)n1. The molecule has 1 aliphatic rings. The van der Waals surface area contributed by atoms with Crippen molar-refractivity contribution in [3.63, 3.8) is 0 Å². The van der Waals surface area contributed by atoms with Crippen molar-refractivity contribution in [3.05, 3.63) is 6.07 Å². The summed E-state index contributed by atoms with van der Waals surface area (Å²) in [5.41, 5.74) is 6.13. The predicted molar refractivity (Wildman–Crippen MR) is 81.9 cm³/mol. The Kier molecular flexibility index (Phi) is 5.00. The number of nitrogens with two attached hydrogens (primary N) is 1. The van der Waals surface area contributed by atoms with Crippen molar-refractivity contribution in [2.75, 3.05) is 43.2 Å². The van der Waals surface area contributed by atoms with Gasteiger partial charge in [-0.2, -0.15) is 9.97 Å². The average Bonchev–Trinajstić information content (AvgIpc) is 3.21. The zero-order chi connectivity index (χ0) is 14.4. The van der Waals surface area contributed by atoms with Gasteiger partial charge in [-0.05, 0) is 31.1 Å². The number of nitrogens with one attached hydrogen (secondary N) is 2. The topological polar surface area (TPSA) is 85.1 Å². The van der Waals surface area contributed by atoms with E-state index in [0.29, 0.717) is 11.4 Å². The number of rotatable bonds is 9. The Morgan fingerprint density at radius 2 is 2.00 bits per heavy atom. The van der Waals surface area contributed by atoms with Crippen molar-refractivity contribution < 1.29 is 4.74 Å². The highest BCUT2D eigenvalue weighted by Gasteiger charge is 2.41. The van der Waals surface area contributed by atoms with Crippen LogP contribution in [0.3, 0.4) is 0 Å². The summed E-state index contributed by atoms with van der Waals surface area (Å²) in [6.45, 7) is 4.73. The molecule has 1 heterocycles. The smallest absolute Gasteiger partial charge is 0.223 e. The molecule has 0 amide bonds. The molecule has 1 saturated carbocycles. The molecule has 0 unspecified atom stereocenters. The van der Waals surface area contributed by atoms with E-state index in [2.05, 4.69) is 27.5 Å². The summed E-state index contributed by atoms with van der Waals surface area (Å²) in [7, 11) is 1.75. The molecule has 2 rings (SSSR count). The molecule has 0 aromatic carbocycles. The third kappa shape index (κ3) is 4.23. The molecule has 0 spiro atoms. The first kappa shape index (κ1) is 14.8. The summed E-state index contributed by atoms with van der Waals surface area (Å²) in [5, 5.41) is 6.62. The minimum absolute atomic E-state index is 0.301. The highest BCUT2D eigenvalue weighted by atomic mass is 16.5. The Labute approximate surface area is 120 Å². The molecule has 0 aliphatic heterocycles. The Morgan fingerprint density at radius 3 is 2.60 bits per heavy atom. The summed E-state index contributed by atoms with van der Waals surface area (Å²) >= 11 is 0. The lowest BCUT2D eigenvalue weighted by atomic mass is 10.0. The van der Waals surface area contributed by atoms with Crippen LogP contribution in [-0.4, -0.2) is 36.8 Å². The third-order valence-electron chi connectivity index (χ3n) is 3.74. The first-order valence-electron chi connectivity index (χ1n) is 7.29. The zero-order valence-corrected chi connectivity index (χ0v) is 12.4. The van der Waals surface area contributed by atoms with E-state index in [0.717, 1.165) is 44.2 Å². The van der Waals surface area contributed by atoms with E-state index in [1.807, 2.05) is 6.07 Å². The summed E-state index contributed by atoms with van der Waals surface area (Å²) in [4.78, 5) is 8.41. The second-order valence-electron chi connectivity index (χ2n) is 5.52. The molecule has 1 aromatic rings. The number of anilines is 3. The summed E-state index contributed by atoms with van der Waals surface area (Å²) in [6, 6.07) is 1.92. The largest absolute Gasteiger partial charge is 0.385 e. The zero-order valence-electron chi connectivity index (χ0n) is 12.4. The highest BCUT2D eigenvalue weighted by Crippen LogP contribution is 2.48. The number of hydrogen-bond acceptors (Lipinski definition) is 6. The van der Waals surface area contributed by atoms with Gasteiger partial charge in [-0.1, -0.05) is 6.92 Å². The summed E-state index contributed by atoms with van der Waals surface area (Å²) in [6.07, 6.45) is 4.65. The van der Waals surface area contributed by atoms with E-state index in [9.17, 15) is 0 Å². The number of nitrogens with zero attached hydrogens (tertiary/aromatic N) is 2. The van der Waals surface area contributed by atoms with Crippen molar-refractivity contribution in [2.24, 2.45) is 5.41 Å². The lowest BCUT2D eigenvalue weighted by molar-refractivity contribution is 0.175. The van der Waals surface area contributed by atoms with Gasteiger partial charge in [0.2, 0.25) is 5.95 Å². The molecule has 1 fully saturated rings. The first-order valence-corrected chi connectivity index (χ1v) is 7.29. The average molecular weight is 279 g/mol. The van der Waals surface area contributed by atoms with Gasteiger partial charge in [-0.25, -0.2) is 0 Å². The quantitative estimate of drug-likeness (QED) is 0.642. The lowest BCUT2D eigenvalue weighted by Crippen LogP contribution is -2.18. The van der Waals surface area contributed by atoms with Crippen molar-refractivity contribution in [1.29, 1.82) is 0 Å². The Bertz CT molecular complexity index is 434. The Hall–Kier alpha value is -1.56. The van der Waals surface area contributed by atoms with E-state index >= 15 is 0 Å². The third-order valence-corrected chi connectivity index (χ3v) is 3.74. The minimum atomic E-state index is 0.301. The molecule has 4 N–H and O–H groups in total. The molecule has 1 aromatic heterocycles. The van der Waals surface area contributed by atoms with Crippen LogP contribution in [0.1, 0.15) is 32.6 Å². The molecule has 0 bridgehead atoms. The van der Waals surface area contributed by atoms with E-state index in [4.69, 9.17) is 10.5 Å². The maximum atomic E-state index is 5.74. The maximum absolute atomic E-state index is 5.74. The van der Waals surface area contributed by atoms with E-state index in [1.165, 1.54) is 12.8 Å². The number of ether oxygens (including phenoxy) is 1. The van der Waals surface area contributed by atoms with Crippen molar-refractivity contribution in [3.8, 4) is 0 Å². The van der Waals surface area contributed by atoms with Gasteiger partial charge in [-0.15, -0.1) is 0 Å². The van der Waals surface area contributed by atoms with Crippen LogP contribution in [0.25, 0.3) is 0 Å². The maximum Gasteiger partial charge on any atom is 0.223 e. The molecular weight excluding hydrogens is 254 g/mol. The van der Waals surface area contributed by atoms with Gasteiger partial charge in [-0.3, -0.25) is 0 Å². The molecule has 20 heavy (non-hydrogen) atoms. The van der Waals surface area contributed by atoms with Crippen LogP contribution in [-0.2, 0) is 4.74 Å². The number of aromatic nitrogens is 2. The molecular formula is C14H25N5O. The number of nitrogen functional groups attached to an aromatic ring is 1. The standard InChI is InChI=1S/C14H25N5O/c1-3-7-16-11-9-12(19-13(15)18-11)17-10-14(4-5-14)6-8-20-2/h9H,3-8,10H2,1-2H3,(H4,15,16,17,18,19). The van der Waals surface area contributed by atoms with E-state index in [1.54, 1.807) is 7.11 Å². The van der Waals surface area contributed by atoms with Crippen LogP contribution in [0.4, 0.5) is 17.6 Å². The van der Waals surface area contributed by atoms with Gasteiger partial charge in [0.15, 0.2) is 0 Å². The van der Waals surface area contributed by atoms with Gasteiger partial charge in [0, 0.05) is 32.9 Å². The second kappa shape index (κ2) is 6.74. The molecule has 6 nitrogen and oxygen atoms in total. The molecule has 112 valence electrons. The van der Waals surface area contributed by atoms with Crippen LogP contribution < -0.4 is 16.4 Å². The van der Waals surface area contributed by atoms with E-state index in [-0.39, 0.29) is 0 Å². The van der Waals surface area contributed by atoms with Crippen LogP contribution in [0, 0.1) is 5.41 Å². The number of methoxy groups -OCH3 is 1. The first-order chi connectivity index (χ1) is 9.67. The van der Waals surface area contributed by atoms with Gasteiger partial charge < -0.3 is 21.1 Å². The van der Waals surface area contributed by atoms with Crippen LogP contribution in [0.15, 0.2) is 6.07 Å². The molecule has 0 atom stereocenters. The van der Waals surface area contributed by atoms with Crippen LogP contribution in [0.2, 0.25) is 0 Å². The predicted octanol–water partition coefficient (Wildman–Crippen LogP) is 2.11. The minimum Gasteiger partial charge on any atom is -0.385 e. The summed E-state index contributed by atoms with van der Waals surface area (Å²) < 4.78 is 5.17. The normalized spacial score (nSPS) is 15.9. The Morgan fingerprint density at radius 1 is 1.30 bits per heavy atom. The molecule has 0 saturated heterocycles. The number of hydrogen-bond donors (Lipinski definition) is 3. The van der Waals surface area contributed by atoms with Crippen molar-refractivity contribution >= 4 is 17.6 Å². The van der Waals surface area contributed by atoms with Crippen LogP contribution >= 0.6 is 0 Å². The molecule has 6 heteroatoms. The van der Waals surface area contributed by atoms with Crippen LogP contribution in [0.5, 0.6) is 0 Å². The fraction of sp³-hybridized carbons (Fsp3) is 0.714. The van der Waals surface area contributed by atoms with E-state index < -0.39 is 0 Å². The fourth-order valence-corrected chi connectivity index (χ4v) is 2.19. The lowest BCUT2D eigenvalue weighted by Gasteiger charge is -2.16. The molecule has 1 aliphatic carbocycles. The van der Waals surface area contributed by atoms with Gasteiger partial charge in [0.1, 0.15) is 11.6 Å². The molecule has 0 radical (unpaired) electrons. The Balaban J connectivity index is 1.90. The fourth-order valence-electron chi connectivity index (χ4n) is 2.19. The second-order valence-corrected chi connectivity index (χ2v) is 5.52. The monoisotopic (exact) mass is 279 g/mol. The highest BCUT2D eigenvalue weighted by molar-refractivity contribution is 5.51. The van der Waals surface area contributed by atoms with Gasteiger partial charge in [0.05, 0.1) is 0 Å². The van der Waals surface area contributed by atoms with Crippen molar-refractivity contribution in [2.45, 2.75) is 32.6 Å².